The number of allylic oxidation sites excluding steroid dienone is 1. The summed E-state index contributed by atoms with van der Waals surface area (Å²) in [7, 11) is 0. The van der Waals surface area contributed by atoms with Gasteiger partial charge in [0, 0.05) is 13.0 Å². The number of hydrogen-bond acceptors (Lipinski definition) is 4. The van der Waals surface area contributed by atoms with Crippen LogP contribution >= 0.6 is 0 Å². The summed E-state index contributed by atoms with van der Waals surface area (Å²) in [6.07, 6.45) is 1.93. The van der Waals surface area contributed by atoms with E-state index in [2.05, 4.69) is 16.9 Å². The molecule has 76 valence electrons. The monoisotopic (exact) mass is 194 g/mol. The van der Waals surface area contributed by atoms with Crippen molar-refractivity contribution in [1.82, 2.24) is 15.0 Å². The first-order valence-corrected chi connectivity index (χ1v) is 4.41. The molecule has 0 atom stereocenters. The summed E-state index contributed by atoms with van der Waals surface area (Å²) < 4.78 is 1.56. The van der Waals surface area contributed by atoms with Gasteiger partial charge >= 0.3 is 0 Å². The zero-order valence-electron chi connectivity index (χ0n) is 8.23. The van der Waals surface area contributed by atoms with Gasteiger partial charge in [-0.25, -0.2) is 0 Å². The molecule has 0 aliphatic heterocycles. The highest BCUT2D eigenvalue weighted by Gasteiger charge is 2.10. The number of nitrogens with two attached hydrogens (primary N) is 1. The Morgan fingerprint density at radius 2 is 2.43 bits per heavy atom. The molecular formula is C9H14N4O. The lowest BCUT2D eigenvalue weighted by atomic mass is 10.1. The highest BCUT2D eigenvalue weighted by molar-refractivity contribution is 5.95. The van der Waals surface area contributed by atoms with E-state index in [9.17, 15) is 4.79 Å². The van der Waals surface area contributed by atoms with E-state index in [-0.39, 0.29) is 5.78 Å². The Bertz CT molecular complexity index is 342. The van der Waals surface area contributed by atoms with Crippen molar-refractivity contribution in [3.05, 3.63) is 24.0 Å². The molecule has 0 saturated heterocycles. The Hall–Kier alpha value is -1.49. The van der Waals surface area contributed by atoms with Crippen LogP contribution in [0.15, 0.2) is 18.3 Å². The second-order valence-corrected chi connectivity index (χ2v) is 3.21. The number of aromatic nitrogens is 3. The van der Waals surface area contributed by atoms with Crippen molar-refractivity contribution < 1.29 is 4.79 Å². The van der Waals surface area contributed by atoms with Crippen molar-refractivity contribution in [2.24, 2.45) is 5.73 Å². The standard InChI is InChI=1S/C9H14N4O/c1-7(2)5-9(14)8-6-13(4-3-10)12-11-8/h6H,1,3-5,10H2,2H3. The lowest BCUT2D eigenvalue weighted by molar-refractivity contribution is 0.0988. The molecule has 14 heavy (non-hydrogen) atoms. The molecule has 0 radical (unpaired) electrons. The Labute approximate surface area is 82.6 Å². The number of rotatable bonds is 5. The molecule has 0 aliphatic rings. The summed E-state index contributed by atoms with van der Waals surface area (Å²) in [6.45, 7) is 6.54. The van der Waals surface area contributed by atoms with Gasteiger partial charge in [-0.3, -0.25) is 9.48 Å². The number of Topliss-reactive ketones (excluding diaryl/α,β-unsaturated/α-hetero) is 1. The first kappa shape index (κ1) is 10.6. The number of carbonyl (C=O) groups is 1. The topological polar surface area (TPSA) is 73.8 Å². The van der Waals surface area contributed by atoms with E-state index in [1.54, 1.807) is 10.9 Å². The van der Waals surface area contributed by atoms with Crippen molar-refractivity contribution in [3.8, 4) is 0 Å². The van der Waals surface area contributed by atoms with E-state index < -0.39 is 0 Å². The van der Waals surface area contributed by atoms with Crippen molar-refractivity contribution in [1.29, 1.82) is 0 Å². The molecule has 0 saturated carbocycles. The van der Waals surface area contributed by atoms with E-state index in [4.69, 9.17) is 5.73 Å². The van der Waals surface area contributed by atoms with E-state index in [1.807, 2.05) is 6.92 Å². The first-order chi connectivity index (χ1) is 6.63. The van der Waals surface area contributed by atoms with Gasteiger partial charge in [-0.2, -0.15) is 0 Å². The minimum Gasteiger partial charge on any atom is -0.329 e. The van der Waals surface area contributed by atoms with Crippen LogP contribution in [0.1, 0.15) is 23.8 Å². The quantitative estimate of drug-likeness (QED) is 0.543. The van der Waals surface area contributed by atoms with Crippen LogP contribution in [-0.4, -0.2) is 27.3 Å². The van der Waals surface area contributed by atoms with Crippen LogP contribution in [-0.2, 0) is 6.54 Å². The van der Waals surface area contributed by atoms with Crippen LogP contribution in [0.3, 0.4) is 0 Å². The minimum absolute atomic E-state index is 0.0548. The van der Waals surface area contributed by atoms with Crippen molar-refractivity contribution in [2.75, 3.05) is 6.54 Å². The Balaban J connectivity index is 2.66. The van der Waals surface area contributed by atoms with Gasteiger partial charge in [0.1, 0.15) is 5.69 Å². The molecular weight excluding hydrogens is 180 g/mol. The smallest absolute Gasteiger partial charge is 0.188 e. The second kappa shape index (κ2) is 4.66. The third-order valence-electron chi connectivity index (χ3n) is 1.64. The van der Waals surface area contributed by atoms with Gasteiger partial charge in [-0.15, -0.1) is 5.10 Å². The third kappa shape index (κ3) is 2.77. The summed E-state index contributed by atoms with van der Waals surface area (Å²) >= 11 is 0. The number of carbonyl (C=O) groups excluding carboxylic acids is 1. The molecule has 0 fully saturated rings. The molecule has 1 aromatic rings. The summed E-state index contributed by atoms with van der Waals surface area (Å²) in [5.74, 6) is -0.0548. The summed E-state index contributed by atoms with van der Waals surface area (Å²) in [5.41, 5.74) is 6.54. The molecule has 0 aromatic carbocycles. The largest absolute Gasteiger partial charge is 0.329 e. The van der Waals surface area contributed by atoms with Crippen LogP contribution in [0.4, 0.5) is 0 Å². The lowest BCUT2D eigenvalue weighted by Crippen LogP contribution is -2.10. The summed E-state index contributed by atoms with van der Waals surface area (Å²) in [4.78, 5) is 11.5. The SMILES string of the molecule is C=C(C)CC(=O)c1cn(CCN)nn1. The maximum absolute atomic E-state index is 11.5. The second-order valence-electron chi connectivity index (χ2n) is 3.21. The van der Waals surface area contributed by atoms with Gasteiger partial charge < -0.3 is 5.73 Å². The normalized spacial score (nSPS) is 10.1. The molecule has 1 rings (SSSR count). The lowest BCUT2D eigenvalue weighted by Gasteiger charge is -1.94. The molecule has 0 spiro atoms. The van der Waals surface area contributed by atoms with Gasteiger partial charge in [0.15, 0.2) is 5.78 Å². The van der Waals surface area contributed by atoms with Crippen LogP contribution in [0.25, 0.3) is 0 Å². The molecule has 1 aromatic heterocycles. The molecule has 0 amide bonds. The Morgan fingerprint density at radius 3 is 3.00 bits per heavy atom. The maximum atomic E-state index is 11.5. The summed E-state index contributed by atoms with van der Waals surface area (Å²) in [5, 5.41) is 7.52. The van der Waals surface area contributed by atoms with Crippen molar-refractivity contribution >= 4 is 5.78 Å². The zero-order valence-corrected chi connectivity index (χ0v) is 8.23. The van der Waals surface area contributed by atoms with Gasteiger partial charge in [0.25, 0.3) is 0 Å². The predicted molar refractivity (Wildman–Crippen MR) is 52.8 cm³/mol. The summed E-state index contributed by atoms with van der Waals surface area (Å²) in [6, 6.07) is 0. The van der Waals surface area contributed by atoms with Crippen LogP contribution in [0.2, 0.25) is 0 Å². The average molecular weight is 194 g/mol. The van der Waals surface area contributed by atoms with Gasteiger partial charge in [0.2, 0.25) is 0 Å². The molecule has 0 aliphatic carbocycles. The van der Waals surface area contributed by atoms with E-state index >= 15 is 0 Å². The number of hydrogen-bond donors (Lipinski definition) is 1. The number of ketones is 1. The molecule has 0 unspecified atom stereocenters. The van der Waals surface area contributed by atoms with E-state index in [0.29, 0.717) is 25.2 Å². The molecule has 0 bridgehead atoms. The highest BCUT2D eigenvalue weighted by Crippen LogP contribution is 2.04. The highest BCUT2D eigenvalue weighted by atomic mass is 16.1. The number of nitrogens with zero attached hydrogens (tertiary/aromatic N) is 3. The van der Waals surface area contributed by atoms with Crippen molar-refractivity contribution in [2.45, 2.75) is 19.9 Å². The Kier molecular flexibility index (Phi) is 3.53. The van der Waals surface area contributed by atoms with Gasteiger partial charge in [-0.05, 0) is 6.92 Å². The first-order valence-electron chi connectivity index (χ1n) is 4.41. The Morgan fingerprint density at radius 1 is 1.71 bits per heavy atom. The fraction of sp³-hybridized carbons (Fsp3) is 0.444. The molecule has 2 N–H and O–H groups in total. The fourth-order valence-corrected chi connectivity index (χ4v) is 1.03. The minimum atomic E-state index is -0.0548. The zero-order chi connectivity index (χ0) is 10.6. The van der Waals surface area contributed by atoms with Crippen LogP contribution < -0.4 is 5.73 Å². The van der Waals surface area contributed by atoms with Gasteiger partial charge in [-0.1, -0.05) is 17.4 Å². The fourth-order valence-electron chi connectivity index (χ4n) is 1.03. The van der Waals surface area contributed by atoms with Gasteiger partial charge in [0.05, 0.1) is 12.7 Å². The van der Waals surface area contributed by atoms with Crippen LogP contribution in [0, 0.1) is 0 Å². The molecule has 5 heteroatoms. The predicted octanol–water partition coefficient (Wildman–Crippen LogP) is 0.386. The molecule has 5 nitrogen and oxygen atoms in total. The van der Waals surface area contributed by atoms with Crippen molar-refractivity contribution in [3.63, 3.8) is 0 Å². The van der Waals surface area contributed by atoms with E-state index in [0.717, 1.165) is 5.57 Å². The third-order valence-corrected chi connectivity index (χ3v) is 1.64. The average Bonchev–Trinajstić information content (AvgIpc) is 2.52. The van der Waals surface area contributed by atoms with E-state index in [1.165, 1.54) is 0 Å². The maximum Gasteiger partial charge on any atom is 0.188 e. The molecule has 1 heterocycles. The van der Waals surface area contributed by atoms with Crippen LogP contribution in [0.5, 0.6) is 0 Å².